The first kappa shape index (κ1) is 13.5. The lowest BCUT2D eigenvalue weighted by atomic mass is 9.57. The molecule has 0 heterocycles. The zero-order valence-electron chi connectivity index (χ0n) is 10.8. The predicted molar refractivity (Wildman–Crippen MR) is 82.2 cm³/mol. The third kappa shape index (κ3) is 2.10. The molecule has 1 saturated carbocycles. The van der Waals surface area contributed by atoms with E-state index in [2.05, 4.69) is 18.2 Å². The molecule has 2 aromatic carbocycles. The van der Waals surface area contributed by atoms with Crippen molar-refractivity contribution in [3.63, 3.8) is 0 Å². The molecule has 3 heteroatoms. The Morgan fingerprint density at radius 3 is 2.10 bits per heavy atom. The summed E-state index contributed by atoms with van der Waals surface area (Å²) < 4.78 is 0. The van der Waals surface area contributed by atoms with Crippen molar-refractivity contribution in [1.29, 1.82) is 5.26 Å². The molecule has 0 aromatic heterocycles. The maximum Gasteiger partial charge on any atom is 0.0862 e. The van der Waals surface area contributed by atoms with Crippen molar-refractivity contribution in [1.82, 2.24) is 0 Å². The normalized spacial score (nSPS) is 24.8. The van der Waals surface area contributed by atoms with E-state index < -0.39 is 5.41 Å². The van der Waals surface area contributed by atoms with Crippen LogP contribution in [-0.2, 0) is 5.41 Å². The Morgan fingerprint density at radius 2 is 1.55 bits per heavy atom. The van der Waals surface area contributed by atoms with E-state index in [1.165, 1.54) is 5.56 Å². The van der Waals surface area contributed by atoms with Gasteiger partial charge in [0.05, 0.1) is 11.5 Å². The Morgan fingerprint density at radius 1 is 0.950 bits per heavy atom. The fraction of sp³-hybridized carbons (Fsp3) is 0.235. The van der Waals surface area contributed by atoms with E-state index >= 15 is 0 Å². The average molecular weight is 302 g/mol. The summed E-state index contributed by atoms with van der Waals surface area (Å²) in [4.78, 5) is 0. The number of benzene rings is 2. The van der Waals surface area contributed by atoms with E-state index in [9.17, 15) is 5.26 Å². The summed E-state index contributed by atoms with van der Waals surface area (Å²) in [5, 5.41) is 10.8. The minimum atomic E-state index is -0.546. The number of nitriles is 1. The predicted octanol–water partition coefficient (Wildman–Crippen LogP) is 5.33. The van der Waals surface area contributed by atoms with Gasteiger partial charge in [-0.2, -0.15) is 5.26 Å². The van der Waals surface area contributed by atoms with Gasteiger partial charge in [0.2, 0.25) is 0 Å². The van der Waals surface area contributed by atoms with Crippen LogP contribution < -0.4 is 0 Å². The van der Waals surface area contributed by atoms with E-state index in [0.717, 1.165) is 18.4 Å². The highest BCUT2D eigenvalue weighted by atomic mass is 35.5. The van der Waals surface area contributed by atoms with Crippen molar-refractivity contribution >= 4 is 23.2 Å². The molecule has 0 saturated heterocycles. The van der Waals surface area contributed by atoms with Gasteiger partial charge in [-0.1, -0.05) is 59.6 Å². The molecule has 0 amide bonds. The highest BCUT2D eigenvalue weighted by Crippen LogP contribution is 2.55. The van der Waals surface area contributed by atoms with Gasteiger partial charge in [-0.15, -0.1) is 0 Å². The quantitative estimate of drug-likeness (QED) is 0.735. The molecule has 0 aliphatic heterocycles. The van der Waals surface area contributed by atoms with Crippen LogP contribution in [0.25, 0.3) is 0 Å². The summed E-state index contributed by atoms with van der Waals surface area (Å²) in [5.41, 5.74) is 1.52. The zero-order valence-corrected chi connectivity index (χ0v) is 12.3. The molecule has 2 aromatic rings. The second-order valence-corrected chi connectivity index (χ2v) is 6.12. The Labute approximate surface area is 128 Å². The molecule has 0 N–H and O–H groups in total. The lowest BCUT2D eigenvalue weighted by Crippen LogP contribution is -2.39. The number of rotatable bonds is 2. The molecule has 0 atom stereocenters. The fourth-order valence-corrected chi connectivity index (χ4v) is 3.81. The van der Waals surface area contributed by atoms with Gasteiger partial charge in [0.25, 0.3) is 0 Å². The molecule has 1 aliphatic rings. The Kier molecular flexibility index (Phi) is 3.46. The number of hydrogen-bond donors (Lipinski definition) is 0. The topological polar surface area (TPSA) is 23.8 Å². The first-order valence-corrected chi connectivity index (χ1v) is 7.32. The SMILES string of the molecule is N#CC1(c2c(Cl)cccc2Cl)CC(c2ccccc2)C1. The number of nitrogens with zero attached hydrogens (tertiary/aromatic N) is 1. The van der Waals surface area contributed by atoms with E-state index in [-0.39, 0.29) is 0 Å². The molecule has 0 spiro atoms. The van der Waals surface area contributed by atoms with Gasteiger partial charge in [-0.25, -0.2) is 0 Å². The smallest absolute Gasteiger partial charge is 0.0862 e. The van der Waals surface area contributed by atoms with Crippen LogP contribution in [0.5, 0.6) is 0 Å². The maximum atomic E-state index is 9.64. The van der Waals surface area contributed by atoms with Gasteiger partial charge in [-0.3, -0.25) is 0 Å². The third-order valence-corrected chi connectivity index (χ3v) is 4.75. The van der Waals surface area contributed by atoms with Gasteiger partial charge < -0.3 is 0 Å². The molecule has 100 valence electrons. The van der Waals surface area contributed by atoms with Crippen LogP contribution in [0.4, 0.5) is 0 Å². The summed E-state index contributed by atoms with van der Waals surface area (Å²) in [6.07, 6.45) is 1.55. The minimum absolute atomic E-state index is 0.406. The Hall–Kier alpha value is -1.49. The van der Waals surface area contributed by atoms with Crippen LogP contribution in [0.2, 0.25) is 10.0 Å². The molecule has 3 rings (SSSR count). The maximum absolute atomic E-state index is 9.64. The zero-order chi connectivity index (χ0) is 14.2. The molecule has 0 radical (unpaired) electrons. The first-order valence-electron chi connectivity index (χ1n) is 6.57. The highest BCUT2D eigenvalue weighted by molar-refractivity contribution is 6.36. The molecule has 20 heavy (non-hydrogen) atoms. The van der Waals surface area contributed by atoms with Crippen molar-refractivity contribution in [2.75, 3.05) is 0 Å². The van der Waals surface area contributed by atoms with Crippen LogP contribution in [-0.4, -0.2) is 0 Å². The van der Waals surface area contributed by atoms with Crippen molar-refractivity contribution in [3.05, 3.63) is 69.7 Å². The summed E-state index contributed by atoms with van der Waals surface area (Å²) in [7, 11) is 0. The fourth-order valence-electron chi connectivity index (χ4n) is 3.05. The average Bonchev–Trinajstić information content (AvgIpc) is 2.42. The lowest BCUT2D eigenvalue weighted by Gasteiger charge is -2.44. The van der Waals surface area contributed by atoms with E-state index in [1.807, 2.05) is 24.3 Å². The van der Waals surface area contributed by atoms with Crippen LogP contribution in [0.3, 0.4) is 0 Å². The summed E-state index contributed by atoms with van der Waals surface area (Å²) >= 11 is 12.5. The summed E-state index contributed by atoms with van der Waals surface area (Å²) in [6.45, 7) is 0. The minimum Gasteiger partial charge on any atom is -0.197 e. The Bertz CT molecular complexity index is 647. The summed E-state index contributed by atoms with van der Waals surface area (Å²) in [5.74, 6) is 0.406. The lowest BCUT2D eigenvalue weighted by molar-refractivity contribution is 0.270. The molecular formula is C17H13Cl2N. The monoisotopic (exact) mass is 301 g/mol. The second-order valence-electron chi connectivity index (χ2n) is 5.31. The van der Waals surface area contributed by atoms with Gasteiger partial charge in [0.15, 0.2) is 0 Å². The van der Waals surface area contributed by atoms with Crippen molar-refractivity contribution in [3.8, 4) is 6.07 Å². The molecule has 0 bridgehead atoms. The molecule has 1 nitrogen and oxygen atoms in total. The van der Waals surface area contributed by atoms with Gasteiger partial charge in [0.1, 0.15) is 0 Å². The number of hydrogen-bond acceptors (Lipinski definition) is 1. The molecule has 1 fully saturated rings. The first-order chi connectivity index (χ1) is 9.66. The van der Waals surface area contributed by atoms with E-state index in [0.29, 0.717) is 16.0 Å². The van der Waals surface area contributed by atoms with Crippen LogP contribution in [0, 0.1) is 11.3 Å². The highest BCUT2D eigenvalue weighted by Gasteiger charge is 2.48. The van der Waals surface area contributed by atoms with Crippen LogP contribution in [0.1, 0.15) is 29.9 Å². The van der Waals surface area contributed by atoms with Crippen molar-refractivity contribution in [2.24, 2.45) is 0 Å². The Balaban J connectivity index is 1.92. The van der Waals surface area contributed by atoms with Crippen LogP contribution >= 0.6 is 23.2 Å². The van der Waals surface area contributed by atoms with E-state index in [1.54, 1.807) is 12.1 Å². The number of halogens is 2. The van der Waals surface area contributed by atoms with Crippen molar-refractivity contribution in [2.45, 2.75) is 24.2 Å². The van der Waals surface area contributed by atoms with Gasteiger partial charge >= 0.3 is 0 Å². The molecule has 1 aliphatic carbocycles. The molecule has 0 unspecified atom stereocenters. The summed E-state index contributed by atoms with van der Waals surface area (Å²) in [6, 6.07) is 18.2. The van der Waals surface area contributed by atoms with E-state index in [4.69, 9.17) is 23.2 Å². The van der Waals surface area contributed by atoms with Crippen molar-refractivity contribution < 1.29 is 0 Å². The standard InChI is InChI=1S/C17H13Cl2N/c18-14-7-4-8-15(19)16(14)17(11-20)9-13(10-17)12-5-2-1-3-6-12/h1-8,13H,9-10H2. The third-order valence-electron chi connectivity index (χ3n) is 4.12. The molecular weight excluding hydrogens is 289 g/mol. The van der Waals surface area contributed by atoms with Gasteiger partial charge in [0, 0.05) is 15.6 Å². The van der Waals surface area contributed by atoms with Crippen LogP contribution in [0.15, 0.2) is 48.5 Å². The largest absolute Gasteiger partial charge is 0.197 e. The second kappa shape index (κ2) is 5.13. The van der Waals surface area contributed by atoms with Gasteiger partial charge in [-0.05, 0) is 36.5 Å².